The Kier molecular flexibility index (Phi) is 5.34. The third-order valence-corrected chi connectivity index (χ3v) is 5.41. The van der Waals surface area contributed by atoms with E-state index in [4.69, 9.17) is 4.84 Å². The lowest BCUT2D eigenvalue weighted by Crippen LogP contribution is -1.98. The largest absolute Gasteiger partial charge is 0.391 e. The van der Waals surface area contributed by atoms with Crippen molar-refractivity contribution in [3.63, 3.8) is 0 Å². The molecular formula is C20H21NO3S. The van der Waals surface area contributed by atoms with Gasteiger partial charge in [-0.05, 0) is 53.7 Å². The zero-order valence-electron chi connectivity index (χ0n) is 14.2. The summed E-state index contributed by atoms with van der Waals surface area (Å²) >= 11 is 0. The van der Waals surface area contributed by atoms with Gasteiger partial charge in [0.15, 0.2) is 9.84 Å². The van der Waals surface area contributed by atoms with Crippen molar-refractivity contribution >= 4 is 21.6 Å². The predicted molar refractivity (Wildman–Crippen MR) is 100 cm³/mol. The second-order valence-corrected chi connectivity index (χ2v) is 8.17. The summed E-state index contributed by atoms with van der Waals surface area (Å²) in [4.78, 5) is 5.81. The predicted octanol–water partition coefficient (Wildman–Crippen LogP) is 4.08. The third kappa shape index (κ3) is 4.57. The molecule has 0 aliphatic heterocycles. The van der Waals surface area contributed by atoms with Gasteiger partial charge >= 0.3 is 0 Å². The molecule has 0 N–H and O–H groups in total. The number of hydrogen-bond acceptors (Lipinski definition) is 4. The van der Waals surface area contributed by atoms with Crippen LogP contribution in [0.25, 0.3) is 5.57 Å². The first kappa shape index (κ1) is 17.4. The first-order valence-electron chi connectivity index (χ1n) is 8.26. The highest BCUT2D eigenvalue weighted by Crippen LogP contribution is 2.34. The zero-order chi connectivity index (χ0) is 17.7. The average molecular weight is 355 g/mol. The van der Waals surface area contributed by atoms with Crippen molar-refractivity contribution in [3.05, 3.63) is 71.3 Å². The van der Waals surface area contributed by atoms with Crippen LogP contribution in [0.1, 0.15) is 30.4 Å². The summed E-state index contributed by atoms with van der Waals surface area (Å²) in [5.74, 6) is 0. The number of oxime groups is 1. The Morgan fingerprint density at radius 1 is 1.04 bits per heavy atom. The van der Waals surface area contributed by atoms with E-state index in [0.29, 0.717) is 11.5 Å². The Morgan fingerprint density at radius 2 is 1.76 bits per heavy atom. The van der Waals surface area contributed by atoms with Crippen LogP contribution < -0.4 is 0 Å². The van der Waals surface area contributed by atoms with E-state index in [1.807, 2.05) is 42.5 Å². The number of benzene rings is 2. The zero-order valence-corrected chi connectivity index (χ0v) is 15.0. The molecule has 0 aromatic heterocycles. The number of sulfone groups is 1. The van der Waals surface area contributed by atoms with Crippen LogP contribution in [0.3, 0.4) is 0 Å². The lowest BCUT2D eigenvalue weighted by atomic mass is 10.0. The Labute approximate surface area is 148 Å². The molecule has 0 saturated carbocycles. The highest BCUT2D eigenvalue weighted by Gasteiger charge is 2.17. The normalized spacial score (nSPS) is 15.1. The first-order valence-corrected chi connectivity index (χ1v) is 10.1. The van der Waals surface area contributed by atoms with E-state index in [9.17, 15) is 8.42 Å². The molecule has 0 radical (unpaired) electrons. The summed E-state index contributed by atoms with van der Waals surface area (Å²) in [6, 6.07) is 16.9. The molecule has 0 atom stereocenters. The smallest absolute Gasteiger partial charge is 0.175 e. The van der Waals surface area contributed by atoms with Crippen LogP contribution in [0.2, 0.25) is 0 Å². The number of hydrogen-bond donors (Lipinski definition) is 0. The molecular weight excluding hydrogens is 334 g/mol. The third-order valence-electron chi connectivity index (χ3n) is 4.28. The van der Waals surface area contributed by atoms with Crippen LogP contribution in [0.15, 0.2) is 70.2 Å². The molecule has 0 unspecified atom stereocenters. The molecule has 2 aromatic carbocycles. The maximum absolute atomic E-state index is 11.6. The second-order valence-electron chi connectivity index (χ2n) is 6.15. The summed E-state index contributed by atoms with van der Waals surface area (Å²) in [6.07, 6.45) is 5.99. The molecule has 0 heterocycles. The quantitative estimate of drug-likeness (QED) is 0.579. The summed E-state index contributed by atoms with van der Waals surface area (Å²) in [5.41, 5.74) is 4.54. The molecule has 0 bridgehead atoms. The van der Waals surface area contributed by atoms with E-state index in [1.165, 1.54) is 17.4 Å². The average Bonchev–Trinajstić information content (AvgIpc) is 3.07. The minimum atomic E-state index is -3.16. The maximum atomic E-state index is 11.6. The number of allylic oxidation sites excluding steroid dienone is 1. The minimum Gasteiger partial charge on any atom is -0.391 e. The van der Waals surface area contributed by atoms with Gasteiger partial charge in [-0.3, -0.25) is 0 Å². The molecule has 25 heavy (non-hydrogen) atoms. The van der Waals surface area contributed by atoms with Crippen molar-refractivity contribution in [2.45, 2.75) is 24.2 Å². The molecule has 5 heteroatoms. The Hall–Kier alpha value is -2.40. The summed E-state index contributed by atoms with van der Waals surface area (Å²) in [7, 11) is -3.16. The van der Waals surface area contributed by atoms with Gasteiger partial charge in [0.2, 0.25) is 0 Å². The van der Waals surface area contributed by atoms with Crippen molar-refractivity contribution < 1.29 is 13.3 Å². The van der Waals surface area contributed by atoms with Crippen molar-refractivity contribution in [2.24, 2.45) is 5.16 Å². The van der Waals surface area contributed by atoms with E-state index < -0.39 is 9.84 Å². The standard InChI is InChI=1S/C20H21NO3S/c1-25(22,23)19-12-10-17(11-13-19)20-9-5-8-18(20)15-24-21-14-16-6-3-2-4-7-16/h2-4,6-7,10-14H,5,8-9,15H2,1H3/b21-14+. The number of nitrogens with zero attached hydrogens (tertiary/aromatic N) is 1. The van der Waals surface area contributed by atoms with E-state index in [1.54, 1.807) is 18.3 Å². The van der Waals surface area contributed by atoms with Gasteiger partial charge in [0.05, 0.1) is 11.1 Å². The molecule has 1 aliphatic rings. The van der Waals surface area contributed by atoms with Crippen molar-refractivity contribution in [2.75, 3.05) is 12.9 Å². The first-order chi connectivity index (χ1) is 12.0. The van der Waals surface area contributed by atoms with Gasteiger partial charge in [0.25, 0.3) is 0 Å². The Morgan fingerprint density at radius 3 is 2.44 bits per heavy atom. The van der Waals surface area contributed by atoms with Crippen LogP contribution in [-0.4, -0.2) is 27.5 Å². The SMILES string of the molecule is CS(=O)(=O)c1ccc(C2=C(CO/N=C/c3ccccc3)CCC2)cc1. The summed E-state index contributed by atoms with van der Waals surface area (Å²) < 4.78 is 23.1. The van der Waals surface area contributed by atoms with Crippen molar-refractivity contribution in [1.82, 2.24) is 0 Å². The lowest BCUT2D eigenvalue weighted by Gasteiger charge is -2.08. The van der Waals surface area contributed by atoms with Gasteiger partial charge in [-0.1, -0.05) is 47.6 Å². The van der Waals surface area contributed by atoms with Gasteiger partial charge in [0.1, 0.15) is 6.61 Å². The van der Waals surface area contributed by atoms with Gasteiger partial charge in [-0.2, -0.15) is 0 Å². The molecule has 4 nitrogen and oxygen atoms in total. The summed E-state index contributed by atoms with van der Waals surface area (Å²) in [5, 5.41) is 4.04. The van der Waals surface area contributed by atoms with Crippen LogP contribution in [-0.2, 0) is 14.7 Å². The second kappa shape index (κ2) is 7.66. The minimum absolute atomic E-state index is 0.347. The van der Waals surface area contributed by atoms with Crippen LogP contribution in [0.5, 0.6) is 0 Å². The molecule has 130 valence electrons. The van der Waals surface area contributed by atoms with Crippen LogP contribution in [0.4, 0.5) is 0 Å². The fourth-order valence-electron chi connectivity index (χ4n) is 2.97. The molecule has 0 saturated heterocycles. The van der Waals surface area contributed by atoms with Gasteiger partial charge in [-0.25, -0.2) is 8.42 Å². The lowest BCUT2D eigenvalue weighted by molar-refractivity contribution is 0.168. The van der Waals surface area contributed by atoms with E-state index in [2.05, 4.69) is 5.16 Å². The highest BCUT2D eigenvalue weighted by molar-refractivity contribution is 7.90. The fourth-order valence-corrected chi connectivity index (χ4v) is 3.60. The molecule has 2 aromatic rings. The van der Waals surface area contributed by atoms with E-state index >= 15 is 0 Å². The Balaban J connectivity index is 1.68. The van der Waals surface area contributed by atoms with Gasteiger partial charge in [-0.15, -0.1) is 0 Å². The topological polar surface area (TPSA) is 55.7 Å². The molecule has 0 fully saturated rings. The van der Waals surface area contributed by atoms with Gasteiger partial charge < -0.3 is 4.84 Å². The summed E-state index contributed by atoms with van der Waals surface area (Å²) in [6.45, 7) is 0.465. The molecule has 3 rings (SSSR count). The van der Waals surface area contributed by atoms with Crippen molar-refractivity contribution in [1.29, 1.82) is 0 Å². The van der Waals surface area contributed by atoms with Crippen molar-refractivity contribution in [3.8, 4) is 0 Å². The maximum Gasteiger partial charge on any atom is 0.175 e. The van der Waals surface area contributed by atoms with E-state index in [0.717, 1.165) is 30.4 Å². The van der Waals surface area contributed by atoms with Crippen LogP contribution in [0, 0.1) is 0 Å². The van der Waals surface area contributed by atoms with Gasteiger partial charge in [0, 0.05) is 6.26 Å². The highest BCUT2D eigenvalue weighted by atomic mass is 32.2. The molecule has 0 amide bonds. The number of rotatable bonds is 6. The monoisotopic (exact) mass is 355 g/mol. The van der Waals surface area contributed by atoms with Crippen LogP contribution >= 0.6 is 0 Å². The Bertz CT molecular complexity index is 882. The fraction of sp³-hybridized carbons (Fsp3) is 0.250. The van der Waals surface area contributed by atoms with E-state index in [-0.39, 0.29) is 0 Å². The molecule has 0 spiro atoms. The molecule has 1 aliphatic carbocycles.